The normalized spacial score (nSPS) is 5.50. The molecule has 0 nitrogen and oxygen atoms in total. The van der Waals surface area contributed by atoms with Crippen molar-refractivity contribution in [2.24, 2.45) is 0 Å². The topological polar surface area (TPSA) is 0 Å². The molecule has 0 amide bonds. The Hall–Kier alpha value is 1.47. The van der Waals surface area contributed by atoms with Crippen LogP contribution in [0, 0.1) is 0 Å². The summed E-state index contributed by atoms with van der Waals surface area (Å²) in [6, 6.07) is 0. The summed E-state index contributed by atoms with van der Waals surface area (Å²) < 4.78 is 0. The van der Waals surface area contributed by atoms with Crippen molar-refractivity contribution in [1.82, 2.24) is 0 Å². The third kappa shape index (κ3) is 9.80. The number of rotatable bonds is 0. The van der Waals surface area contributed by atoms with Crippen molar-refractivity contribution in [2.45, 2.75) is 10.3 Å². The molecule has 0 aromatic carbocycles. The summed E-state index contributed by atoms with van der Waals surface area (Å²) in [6.07, 6.45) is 0. The molecule has 0 unspecified atom stereocenters. The molecule has 0 aliphatic carbocycles. The van der Waals surface area contributed by atoms with Gasteiger partial charge in [-0.1, -0.05) is 0 Å². The van der Waals surface area contributed by atoms with Crippen molar-refractivity contribution in [3.8, 4) is 0 Å². The van der Waals surface area contributed by atoms with Crippen LogP contribution in [-0.4, -0.2) is 0 Å². The molecule has 33 valence electrons. The Labute approximate surface area is 53.7 Å². The van der Waals surface area contributed by atoms with Gasteiger partial charge in [0.25, 0.3) is 0 Å². The summed E-state index contributed by atoms with van der Waals surface area (Å²) in [5, 5.41) is 4.31. The Kier molecular flexibility index (Phi) is 20.0. The quantitative estimate of drug-likeness (QED) is 0.463. The van der Waals surface area contributed by atoms with Crippen LogP contribution in [0.3, 0.4) is 0 Å². The second-order valence-corrected chi connectivity index (χ2v) is 1.78. The first kappa shape index (κ1) is 9.08. The number of halogens is 1. The van der Waals surface area contributed by atoms with E-state index in [1.165, 1.54) is 0 Å². The zero-order chi connectivity index (χ0) is 2.71. The molecule has 0 rings (SSSR count). The van der Waals surface area contributed by atoms with Crippen molar-refractivity contribution in [3.63, 3.8) is 0 Å². The van der Waals surface area contributed by atoms with Crippen molar-refractivity contribution in [2.75, 3.05) is 0 Å². The Morgan fingerprint density at radius 1 is 1.25 bits per heavy atom. The molecule has 0 aromatic rings. The molecule has 2 heteroatoms. The monoisotopic (exact) mass is 265 g/mol. The fourth-order valence-corrected chi connectivity index (χ4v) is 0. The summed E-state index contributed by atoms with van der Waals surface area (Å²) in [6.45, 7) is 0. The summed E-state index contributed by atoms with van der Waals surface area (Å²) in [4.78, 5) is 0. The predicted octanol–water partition coefficient (Wildman–Crippen LogP) is 1.78. The van der Waals surface area contributed by atoms with Crippen LogP contribution in [0.1, 0.15) is 0 Å². The molecule has 0 aliphatic rings. The van der Waals surface area contributed by atoms with Crippen molar-refractivity contribution >= 4 is 24.0 Å². The molecule has 0 heterocycles. The van der Waals surface area contributed by atoms with Crippen LogP contribution in [0.25, 0.3) is 0 Å². The number of hydrogen-bond acceptors (Lipinski definition) is 0. The van der Waals surface area contributed by atoms with E-state index in [9.17, 15) is 0 Å². The fourth-order valence-electron chi connectivity index (χ4n) is 0. The molecule has 0 N–H and O–H groups in total. The summed E-state index contributed by atoms with van der Waals surface area (Å²) in [5.41, 5.74) is 0. The average molecular weight is 266 g/mol. The molecule has 0 saturated heterocycles. The second-order valence-electron chi connectivity index (χ2n) is 0.302. The van der Waals surface area contributed by atoms with Gasteiger partial charge >= 0.3 is 30.0 Å². The molecule has 0 saturated carbocycles. The zero-order valence-electron chi connectivity index (χ0n) is 2.71. The Balaban J connectivity index is 0. The first-order valence-corrected chi connectivity index (χ1v) is 3.57. The Morgan fingerprint density at radius 3 is 1.25 bits per heavy atom. The zero-order valence-corrected chi connectivity index (χ0v) is 6.52. The maximum absolute atomic E-state index is 2.16. The molecule has 0 aromatic heterocycles. The van der Waals surface area contributed by atoms with Crippen molar-refractivity contribution in [1.29, 1.82) is 0 Å². The average Bonchev–Trinajstić information content (AvgIpc) is 0.918. The van der Waals surface area contributed by atoms with Crippen LogP contribution < -0.4 is 0 Å². The van der Waals surface area contributed by atoms with Crippen molar-refractivity contribution < 1.29 is 19.8 Å². The number of hydrogen-bond donors (Lipinski definition) is 0. The maximum atomic E-state index is 2.16. The summed E-state index contributed by atoms with van der Waals surface area (Å²) in [7, 11) is 0. The van der Waals surface area contributed by atoms with E-state index in [4.69, 9.17) is 0 Å². The van der Waals surface area contributed by atoms with Crippen LogP contribution in [0.4, 0.5) is 0 Å². The molecule has 4 heavy (non-hydrogen) atoms. The van der Waals surface area contributed by atoms with E-state index in [-0.39, 0.29) is 24.0 Å². The van der Waals surface area contributed by atoms with Gasteiger partial charge < -0.3 is 0 Å². The van der Waals surface area contributed by atoms with Crippen LogP contribution >= 0.6 is 24.0 Å². The van der Waals surface area contributed by atoms with Crippen LogP contribution in [-0.2, 0) is 19.8 Å². The Morgan fingerprint density at radius 2 is 1.25 bits per heavy atom. The van der Waals surface area contributed by atoms with Crippen LogP contribution in [0.2, 0.25) is 10.3 Å². The SMILES string of the molecule is I.[CH3][Ag][CH3]. The van der Waals surface area contributed by atoms with Gasteiger partial charge in [-0.2, -0.15) is 0 Å². The van der Waals surface area contributed by atoms with Crippen molar-refractivity contribution in [3.05, 3.63) is 0 Å². The van der Waals surface area contributed by atoms with Gasteiger partial charge in [-0.25, -0.2) is 0 Å². The van der Waals surface area contributed by atoms with Gasteiger partial charge in [0.2, 0.25) is 0 Å². The van der Waals surface area contributed by atoms with E-state index < -0.39 is 0 Å². The Bertz CT molecular complexity index is 6.00. The van der Waals surface area contributed by atoms with Gasteiger partial charge in [0.05, 0.1) is 0 Å². The third-order valence-corrected chi connectivity index (χ3v) is 0. The molecular weight excluding hydrogens is 259 g/mol. The fraction of sp³-hybridized carbons (Fsp3) is 1.00. The first-order valence-electron chi connectivity index (χ1n) is 0.603. The van der Waals surface area contributed by atoms with E-state index in [1.807, 2.05) is 0 Å². The van der Waals surface area contributed by atoms with Gasteiger partial charge in [-0.15, -0.1) is 24.0 Å². The molecule has 0 spiro atoms. The van der Waals surface area contributed by atoms with E-state index >= 15 is 0 Å². The minimum atomic E-state index is 0. The van der Waals surface area contributed by atoms with E-state index in [2.05, 4.69) is 10.3 Å². The molecule has 0 bridgehead atoms. The van der Waals surface area contributed by atoms with Crippen LogP contribution in [0.15, 0.2) is 0 Å². The summed E-state index contributed by atoms with van der Waals surface area (Å²) >= 11 is 1.07. The van der Waals surface area contributed by atoms with Gasteiger partial charge in [-0.3, -0.25) is 0 Å². The van der Waals surface area contributed by atoms with Gasteiger partial charge in [0, 0.05) is 0 Å². The predicted molar refractivity (Wildman–Crippen MR) is 27.1 cm³/mol. The van der Waals surface area contributed by atoms with E-state index in [1.54, 1.807) is 0 Å². The van der Waals surface area contributed by atoms with E-state index in [0.29, 0.717) is 0 Å². The standard InChI is InChI=1S/2CH3.Ag.HI/h2*1H3;;1H. The first-order chi connectivity index (χ1) is 1.41. The van der Waals surface area contributed by atoms with Gasteiger partial charge in [0.1, 0.15) is 0 Å². The molecule has 0 radical (unpaired) electrons. The van der Waals surface area contributed by atoms with Gasteiger partial charge in [0.15, 0.2) is 0 Å². The van der Waals surface area contributed by atoms with E-state index in [0.717, 1.165) is 19.8 Å². The van der Waals surface area contributed by atoms with Gasteiger partial charge in [-0.05, 0) is 0 Å². The molecular formula is C2H7AgI. The molecule has 0 atom stereocenters. The second kappa shape index (κ2) is 8.82. The summed E-state index contributed by atoms with van der Waals surface area (Å²) in [5.74, 6) is 0. The van der Waals surface area contributed by atoms with Crippen LogP contribution in [0.5, 0.6) is 0 Å². The minimum absolute atomic E-state index is 0. The molecule has 0 aliphatic heterocycles. The third-order valence-electron chi connectivity index (χ3n) is 0. The molecule has 0 fully saturated rings.